The van der Waals surface area contributed by atoms with Crippen molar-refractivity contribution in [2.24, 2.45) is 0 Å². The Labute approximate surface area is 429 Å². The van der Waals surface area contributed by atoms with E-state index in [2.05, 4.69) is 63.1 Å². The molecule has 75 heavy (non-hydrogen) atoms. The van der Waals surface area contributed by atoms with Crippen molar-refractivity contribution in [3.63, 3.8) is 0 Å². The summed E-state index contributed by atoms with van der Waals surface area (Å²) in [6.07, 6.45) is -23.0. The molecule has 0 saturated heterocycles. The molecule has 0 radical (unpaired) electrons. The zero-order valence-electron chi connectivity index (χ0n) is 34.9. The minimum absolute atomic E-state index is 0. The van der Waals surface area contributed by atoms with E-state index in [0.29, 0.717) is 30.3 Å². The lowest BCUT2D eigenvalue weighted by atomic mass is 10.2. The number of rotatable bonds is 5. The lowest BCUT2D eigenvalue weighted by Crippen LogP contribution is -2.05. The highest BCUT2D eigenvalue weighted by Gasteiger charge is 2.36. The molecule has 0 aliphatic heterocycles. The topological polar surface area (TPSA) is 216 Å². The summed E-state index contributed by atoms with van der Waals surface area (Å²) in [5, 5.41) is 51.2. The fraction of sp³-hybridized carbons (Fsp3) is 0.143. The Morgan fingerprint density at radius 1 is 0.253 bits per heavy atom. The maximum atomic E-state index is 12.2. The molecule has 15 nitrogen and oxygen atoms in total. The van der Waals surface area contributed by atoms with Crippen molar-refractivity contribution in [3.8, 4) is 0 Å². The lowest BCUT2D eigenvalue weighted by molar-refractivity contribution is -0.385. The van der Waals surface area contributed by atoms with Crippen LogP contribution in [0.25, 0.3) is 0 Å². The Balaban J connectivity index is -0.000000268. The minimum atomic E-state index is -4.59. The Hall–Kier alpha value is -6.55. The number of alkyl halides is 15. The van der Waals surface area contributed by atoms with Crippen LogP contribution in [-0.2, 0) is 30.9 Å². The SMILES string of the molecule is F.F.F.F.F.O=[N+]([O-])c1cc(S)cc(C(F)(F)F)c1.O=[N+]([O-])c1cc(S)cc(C(F)(F)F)c1.O=[N+]([O-])c1cc(S)cc(C(F)(F)F)c1.O=[N+]([O-])c1cc(S)cc(C(F)(F)F)c1.O=[N+]([O-])c1cc(S)cc(C(F)(F)F)c1. The van der Waals surface area contributed by atoms with Crippen molar-refractivity contribution >= 4 is 91.6 Å². The normalized spacial score (nSPS) is 10.7. The van der Waals surface area contributed by atoms with E-state index in [-0.39, 0.29) is 48.0 Å². The number of nitrogens with zero attached hydrogens (tertiary/aromatic N) is 5. The fourth-order valence-corrected chi connectivity index (χ4v) is 5.68. The van der Waals surface area contributed by atoms with Gasteiger partial charge in [0.25, 0.3) is 28.4 Å². The molecule has 40 heteroatoms. The maximum Gasteiger partial charge on any atom is 0.416 e. The van der Waals surface area contributed by atoms with Crippen molar-refractivity contribution in [1.82, 2.24) is 0 Å². The zero-order valence-corrected chi connectivity index (χ0v) is 39.4. The highest BCUT2D eigenvalue weighted by Crippen LogP contribution is 2.37. The molecule has 0 N–H and O–H groups in total. The number of hydrogen-bond donors (Lipinski definition) is 5. The van der Waals surface area contributed by atoms with Gasteiger partial charge in [-0.2, -0.15) is 65.9 Å². The van der Waals surface area contributed by atoms with Crippen LogP contribution >= 0.6 is 63.1 Å². The first-order chi connectivity index (χ1) is 31.5. The Morgan fingerprint density at radius 2 is 0.360 bits per heavy atom. The summed E-state index contributed by atoms with van der Waals surface area (Å²) in [6.45, 7) is 0. The zero-order chi connectivity index (χ0) is 54.7. The first-order valence-electron chi connectivity index (χ1n) is 16.8. The number of halogens is 20. The van der Waals surface area contributed by atoms with Crippen LogP contribution in [-0.4, -0.2) is 24.6 Å². The summed E-state index contributed by atoms with van der Waals surface area (Å²) in [6, 6.07) is 10.8. The fourth-order valence-electron chi connectivity index (χ4n) is 4.32. The van der Waals surface area contributed by atoms with Gasteiger partial charge in [-0.1, -0.05) is 0 Å². The summed E-state index contributed by atoms with van der Waals surface area (Å²) in [4.78, 5) is 46.3. The largest absolute Gasteiger partial charge is 0.416 e. The molecule has 0 spiro atoms. The van der Waals surface area contributed by atoms with Crippen LogP contribution in [0.1, 0.15) is 27.8 Å². The molecule has 5 rings (SSSR count). The highest BCUT2D eigenvalue weighted by molar-refractivity contribution is 7.81. The predicted octanol–water partition coefficient (Wildman–Crippen LogP) is 15.3. The van der Waals surface area contributed by atoms with Gasteiger partial charge >= 0.3 is 30.9 Å². The molecule has 0 aliphatic rings. The van der Waals surface area contributed by atoms with E-state index < -0.39 is 112 Å². The second-order valence-corrected chi connectivity index (χ2v) is 15.0. The van der Waals surface area contributed by atoms with E-state index in [1.165, 1.54) is 0 Å². The van der Waals surface area contributed by atoms with Gasteiger partial charge in [0, 0.05) is 85.1 Å². The molecule has 5 aromatic carbocycles. The van der Waals surface area contributed by atoms with Gasteiger partial charge in [-0.25, -0.2) is 0 Å². The monoisotopic (exact) mass is 1210 g/mol. The molecular weight excluding hydrogens is 1190 g/mol. The number of non-ortho nitro benzene ring substituents is 5. The number of nitro benzene ring substituents is 5. The van der Waals surface area contributed by atoms with Gasteiger partial charge in [0.1, 0.15) is 0 Å². The van der Waals surface area contributed by atoms with Crippen LogP contribution in [0.4, 0.5) is 118 Å². The van der Waals surface area contributed by atoms with Gasteiger partial charge in [-0.3, -0.25) is 74.1 Å². The van der Waals surface area contributed by atoms with Crippen LogP contribution in [0.2, 0.25) is 0 Å². The minimum Gasteiger partial charge on any atom is -0.269 e. The van der Waals surface area contributed by atoms with E-state index in [9.17, 15) is 116 Å². The van der Waals surface area contributed by atoms with Crippen molar-refractivity contribution in [1.29, 1.82) is 0 Å². The van der Waals surface area contributed by atoms with E-state index in [0.717, 1.165) is 60.7 Å². The van der Waals surface area contributed by atoms with Crippen LogP contribution in [0.3, 0.4) is 0 Å². The Bertz CT molecular complexity index is 2330. The van der Waals surface area contributed by atoms with Crippen molar-refractivity contribution in [3.05, 3.63) is 169 Å². The van der Waals surface area contributed by atoms with Gasteiger partial charge in [-0.15, -0.1) is 63.1 Å². The average molecular weight is 1220 g/mol. The predicted molar refractivity (Wildman–Crippen MR) is 239 cm³/mol. The molecule has 0 saturated carbocycles. The first-order valence-corrected chi connectivity index (χ1v) is 19.0. The molecule has 0 amide bonds. The van der Waals surface area contributed by atoms with E-state index in [1.807, 2.05) is 0 Å². The molecule has 0 unspecified atom stereocenters. The molecule has 0 fully saturated rings. The molecule has 0 aliphatic carbocycles. The molecule has 5 aromatic rings. The summed E-state index contributed by atoms with van der Waals surface area (Å²) >= 11 is 18.2. The molecule has 0 bridgehead atoms. The van der Waals surface area contributed by atoms with Gasteiger partial charge in [-0.05, 0) is 30.3 Å². The van der Waals surface area contributed by atoms with Crippen molar-refractivity contribution in [2.45, 2.75) is 55.4 Å². The van der Waals surface area contributed by atoms with Gasteiger partial charge in [0.05, 0.1) is 52.4 Å². The third kappa shape index (κ3) is 27.0. The maximum absolute atomic E-state index is 12.2. The molecule has 0 heterocycles. The number of nitro groups is 5. The summed E-state index contributed by atoms with van der Waals surface area (Å²) < 4.78 is 182. The average Bonchev–Trinajstić information content (AvgIpc) is 3.19. The number of benzene rings is 5. The van der Waals surface area contributed by atoms with Crippen LogP contribution in [0, 0.1) is 50.6 Å². The Morgan fingerprint density at radius 3 is 0.440 bits per heavy atom. The molecule has 0 aromatic heterocycles. The second-order valence-electron chi connectivity index (χ2n) is 12.5. The van der Waals surface area contributed by atoms with Crippen LogP contribution < -0.4 is 0 Å². The third-order valence-corrected chi connectivity index (χ3v) is 8.49. The quantitative estimate of drug-likeness (QED) is 0.0485. The second kappa shape index (κ2) is 30.7. The van der Waals surface area contributed by atoms with Gasteiger partial charge in [0.15, 0.2) is 0 Å². The van der Waals surface area contributed by atoms with E-state index >= 15 is 0 Å². The van der Waals surface area contributed by atoms with Crippen molar-refractivity contribution < 1.29 is 114 Å². The highest BCUT2D eigenvalue weighted by atomic mass is 32.1. The standard InChI is InChI=1S/5C7H4F3NO2S.5FH/c5*8-7(9,10)4-1-5(11(12)13)3-6(14)2-4;;;;;/h5*1-3,14H;5*1H. The van der Waals surface area contributed by atoms with Crippen LogP contribution in [0.5, 0.6) is 0 Å². The third-order valence-electron chi connectivity index (χ3n) is 7.20. The molecule has 420 valence electrons. The molecular formula is C35H25F20N5O10S5. The lowest BCUT2D eigenvalue weighted by Gasteiger charge is -2.06. The van der Waals surface area contributed by atoms with Crippen molar-refractivity contribution in [2.75, 3.05) is 0 Å². The summed E-state index contributed by atoms with van der Waals surface area (Å²) in [5.41, 5.74) is -8.47. The van der Waals surface area contributed by atoms with E-state index in [1.54, 1.807) is 0 Å². The smallest absolute Gasteiger partial charge is 0.269 e. The Kier molecular flexibility index (Phi) is 31.7. The number of thiol groups is 5. The van der Waals surface area contributed by atoms with E-state index in [4.69, 9.17) is 0 Å². The summed E-state index contributed by atoms with van der Waals surface area (Å²) in [5.74, 6) is 0. The van der Waals surface area contributed by atoms with Gasteiger partial charge < -0.3 is 0 Å². The summed E-state index contributed by atoms with van der Waals surface area (Å²) in [7, 11) is 0. The van der Waals surface area contributed by atoms with Gasteiger partial charge in [0.2, 0.25) is 0 Å². The first kappa shape index (κ1) is 77.4. The number of hydrogen-bond acceptors (Lipinski definition) is 15. The van der Waals surface area contributed by atoms with Crippen LogP contribution in [0.15, 0.2) is 115 Å². The molecule has 0 atom stereocenters.